The van der Waals surface area contributed by atoms with Gasteiger partial charge in [-0.1, -0.05) is 12.8 Å². The highest BCUT2D eigenvalue weighted by molar-refractivity contribution is 9.10. The average Bonchev–Trinajstić information content (AvgIpc) is 2.61. The number of hydrogen-bond acceptors (Lipinski definition) is 1. The second kappa shape index (κ2) is 6.18. The summed E-state index contributed by atoms with van der Waals surface area (Å²) < 4.78 is 13.5. The van der Waals surface area contributed by atoms with Crippen LogP contribution < -0.4 is 5.32 Å². The van der Waals surface area contributed by atoms with Crippen LogP contribution in [-0.2, 0) is 0 Å². The van der Waals surface area contributed by atoms with Crippen molar-refractivity contribution >= 4 is 27.6 Å². The van der Waals surface area contributed by atoms with Gasteiger partial charge >= 0.3 is 6.03 Å². The van der Waals surface area contributed by atoms with Gasteiger partial charge < -0.3 is 10.2 Å². The summed E-state index contributed by atoms with van der Waals surface area (Å²) in [6.45, 7) is 1.59. The summed E-state index contributed by atoms with van der Waals surface area (Å²) in [5.74, 6) is -0.324. The average molecular weight is 315 g/mol. The van der Waals surface area contributed by atoms with Crippen molar-refractivity contribution in [3.63, 3.8) is 0 Å². The Kier molecular flexibility index (Phi) is 4.58. The highest BCUT2D eigenvalue weighted by Crippen LogP contribution is 2.23. The summed E-state index contributed by atoms with van der Waals surface area (Å²) in [5, 5.41) is 2.81. The van der Waals surface area contributed by atoms with Crippen LogP contribution in [0.15, 0.2) is 22.7 Å². The highest BCUT2D eigenvalue weighted by Gasteiger charge is 2.16. The lowest BCUT2D eigenvalue weighted by molar-refractivity contribution is 0.213. The van der Waals surface area contributed by atoms with Gasteiger partial charge in [0.05, 0.1) is 5.69 Å². The maximum absolute atomic E-state index is 12.9. The Morgan fingerprint density at radius 3 is 2.50 bits per heavy atom. The lowest BCUT2D eigenvalue weighted by Crippen LogP contribution is -2.35. The van der Waals surface area contributed by atoms with Crippen LogP contribution in [0.1, 0.15) is 25.7 Å². The number of rotatable bonds is 1. The van der Waals surface area contributed by atoms with E-state index in [0.29, 0.717) is 10.2 Å². The molecule has 0 spiro atoms. The molecule has 3 nitrogen and oxygen atoms in total. The van der Waals surface area contributed by atoms with Crippen LogP contribution in [0.3, 0.4) is 0 Å². The molecule has 5 heteroatoms. The molecule has 1 aromatic rings. The highest BCUT2D eigenvalue weighted by atomic mass is 79.9. The van der Waals surface area contributed by atoms with Crippen molar-refractivity contribution in [2.75, 3.05) is 18.4 Å². The molecule has 2 amide bonds. The van der Waals surface area contributed by atoms with Crippen LogP contribution in [-0.4, -0.2) is 24.0 Å². The van der Waals surface area contributed by atoms with Crippen LogP contribution in [0.25, 0.3) is 0 Å². The molecule has 0 unspecified atom stereocenters. The molecule has 0 aromatic heterocycles. The minimum Gasteiger partial charge on any atom is -0.325 e. The monoisotopic (exact) mass is 314 g/mol. The summed E-state index contributed by atoms with van der Waals surface area (Å²) in [5.41, 5.74) is 0.602. The van der Waals surface area contributed by atoms with E-state index in [-0.39, 0.29) is 11.8 Å². The van der Waals surface area contributed by atoms with Crippen LogP contribution in [0, 0.1) is 5.82 Å². The van der Waals surface area contributed by atoms with Gasteiger partial charge in [-0.3, -0.25) is 0 Å². The second-order valence-corrected chi connectivity index (χ2v) is 5.31. The first-order valence-electron chi connectivity index (χ1n) is 6.18. The van der Waals surface area contributed by atoms with Crippen LogP contribution >= 0.6 is 15.9 Å². The van der Waals surface area contributed by atoms with Gasteiger partial charge in [-0.05, 0) is 47.0 Å². The number of halogens is 2. The fourth-order valence-corrected chi connectivity index (χ4v) is 2.51. The molecule has 1 N–H and O–H groups in total. The van der Waals surface area contributed by atoms with Crippen molar-refractivity contribution < 1.29 is 9.18 Å². The van der Waals surface area contributed by atoms with E-state index in [4.69, 9.17) is 0 Å². The second-order valence-electron chi connectivity index (χ2n) is 4.46. The van der Waals surface area contributed by atoms with Crippen molar-refractivity contribution in [1.29, 1.82) is 0 Å². The minimum atomic E-state index is -0.324. The molecule has 0 radical (unpaired) electrons. The standard InChI is InChI=1S/C13H16BrFN2O/c14-11-9-10(15)5-6-12(11)16-13(18)17-7-3-1-2-4-8-17/h5-6,9H,1-4,7-8H2,(H,16,18). The zero-order valence-corrected chi connectivity index (χ0v) is 11.7. The van der Waals surface area contributed by atoms with Gasteiger partial charge in [0.25, 0.3) is 0 Å². The van der Waals surface area contributed by atoms with E-state index in [9.17, 15) is 9.18 Å². The molecule has 1 saturated heterocycles. The number of amides is 2. The molecule has 18 heavy (non-hydrogen) atoms. The van der Waals surface area contributed by atoms with E-state index >= 15 is 0 Å². The van der Waals surface area contributed by atoms with Crippen molar-refractivity contribution in [3.05, 3.63) is 28.5 Å². The topological polar surface area (TPSA) is 32.3 Å². The Balaban J connectivity index is 2.01. The first-order valence-corrected chi connectivity index (χ1v) is 6.97. The van der Waals surface area contributed by atoms with Gasteiger partial charge in [0.2, 0.25) is 0 Å². The molecule has 1 fully saturated rings. The predicted octanol–water partition coefficient (Wildman–Crippen LogP) is 4.00. The number of benzene rings is 1. The number of hydrogen-bond donors (Lipinski definition) is 1. The Morgan fingerprint density at radius 1 is 1.22 bits per heavy atom. The number of likely N-dealkylation sites (tertiary alicyclic amines) is 1. The quantitative estimate of drug-likeness (QED) is 0.835. The van der Waals surface area contributed by atoms with Gasteiger partial charge in [-0.15, -0.1) is 0 Å². The number of nitrogens with zero attached hydrogens (tertiary/aromatic N) is 1. The summed E-state index contributed by atoms with van der Waals surface area (Å²) in [6, 6.07) is 4.14. The minimum absolute atomic E-state index is 0.107. The summed E-state index contributed by atoms with van der Waals surface area (Å²) in [4.78, 5) is 13.9. The molecule has 1 aliphatic heterocycles. The SMILES string of the molecule is O=C(Nc1ccc(F)cc1Br)N1CCCCCC1. The molecule has 1 heterocycles. The van der Waals surface area contributed by atoms with Gasteiger partial charge in [0.1, 0.15) is 5.82 Å². The van der Waals surface area contributed by atoms with E-state index in [1.54, 1.807) is 6.07 Å². The first-order chi connectivity index (χ1) is 8.66. The molecule has 98 valence electrons. The molecule has 1 aliphatic rings. The van der Waals surface area contributed by atoms with E-state index in [2.05, 4.69) is 21.2 Å². The molecule has 0 atom stereocenters. The summed E-state index contributed by atoms with van der Waals surface area (Å²) in [6.07, 6.45) is 4.48. The van der Waals surface area contributed by atoms with Crippen LogP contribution in [0.4, 0.5) is 14.9 Å². The molecule has 0 saturated carbocycles. The van der Waals surface area contributed by atoms with Gasteiger partial charge in [0.15, 0.2) is 0 Å². The number of carbonyl (C=O) groups excluding carboxylic acids is 1. The molecular formula is C13H16BrFN2O. The van der Waals surface area contributed by atoms with Crippen molar-refractivity contribution in [3.8, 4) is 0 Å². The fraction of sp³-hybridized carbons (Fsp3) is 0.462. The van der Waals surface area contributed by atoms with E-state index in [0.717, 1.165) is 25.9 Å². The van der Waals surface area contributed by atoms with Gasteiger partial charge in [0, 0.05) is 17.6 Å². The number of anilines is 1. The third-order valence-electron chi connectivity index (χ3n) is 3.07. The molecule has 0 aliphatic carbocycles. The third kappa shape index (κ3) is 3.45. The van der Waals surface area contributed by atoms with Crippen LogP contribution in [0.2, 0.25) is 0 Å². The zero-order valence-electron chi connectivity index (χ0n) is 10.1. The smallest absolute Gasteiger partial charge is 0.321 e. The molecule has 1 aromatic carbocycles. The Hall–Kier alpha value is -1.10. The summed E-state index contributed by atoms with van der Waals surface area (Å²) >= 11 is 3.24. The van der Waals surface area contributed by atoms with Crippen LogP contribution in [0.5, 0.6) is 0 Å². The Morgan fingerprint density at radius 2 is 1.89 bits per heavy atom. The zero-order chi connectivity index (χ0) is 13.0. The molecular weight excluding hydrogens is 299 g/mol. The van der Waals surface area contributed by atoms with E-state index in [1.807, 2.05) is 4.90 Å². The third-order valence-corrected chi connectivity index (χ3v) is 3.72. The first kappa shape index (κ1) is 13.3. The fourth-order valence-electron chi connectivity index (χ4n) is 2.06. The van der Waals surface area contributed by atoms with Crippen molar-refractivity contribution in [1.82, 2.24) is 4.90 Å². The summed E-state index contributed by atoms with van der Waals surface area (Å²) in [7, 11) is 0. The normalized spacial score (nSPS) is 16.2. The Labute approximate surface area is 114 Å². The molecule has 2 rings (SSSR count). The van der Waals surface area contributed by atoms with Gasteiger partial charge in [-0.25, -0.2) is 9.18 Å². The predicted molar refractivity (Wildman–Crippen MR) is 73.2 cm³/mol. The van der Waals surface area contributed by atoms with Crippen molar-refractivity contribution in [2.24, 2.45) is 0 Å². The maximum Gasteiger partial charge on any atom is 0.321 e. The van der Waals surface area contributed by atoms with E-state index in [1.165, 1.54) is 25.0 Å². The Bertz CT molecular complexity index is 431. The maximum atomic E-state index is 12.9. The lowest BCUT2D eigenvalue weighted by atomic mass is 10.2. The van der Waals surface area contributed by atoms with Gasteiger partial charge in [-0.2, -0.15) is 0 Å². The number of nitrogens with one attached hydrogen (secondary N) is 1. The largest absolute Gasteiger partial charge is 0.325 e. The van der Waals surface area contributed by atoms with Crippen molar-refractivity contribution in [2.45, 2.75) is 25.7 Å². The molecule has 0 bridgehead atoms. The van der Waals surface area contributed by atoms with E-state index < -0.39 is 0 Å². The number of urea groups is 1. The number of carbonyl (C=O) groups is 1. The lowest BCUT2D eigenvalue weighted by Gasteiger charge is -2.21.